The Labute approximate surface area is 135 Å². The SMILES string of the molecule is NC(=NCC(c1c(F)cccc1Cl)N1CCCC1)NC1CC1. The third-order valence-corrected chi connectivity index (χ3v) is 4.61. The second-order valence-electron chi connectivity index (χ2n) is 6.04. The molecule has 1 heterocycles. The zero-order chi connectivity index (χ0) is 15.5. The first-order valence-electron chi connectivity index (χ1n) is 7.89. The number of nitrogens with zero attached hydrogens (tertiary/aromatic N) is 2. The van der Waals surface area contributed by atoms with E-state index in [1.165, 1.54) is 6.07 Å². The van der Waals surface area contributed by atoms with Crippen LogP contribution in [0.5, 0.6) is 0 Å². The Kier molecular flexibility index (Phi) is 4.84. The van der Waals surface area contributed by atoms with Gasteiger partial charge in [0, 0.05) is 16.6 Å². The van der Waals surface area contributed by atoms with E-state index in [9.17, 15) is 4.39 Å². The molecule has 4 nitrogen and oxygen atoms in total. The average molecular weight is 325 g/mol. The number of hydrogen-bond donors (Lipinski definition) is 2. The van der Waals surface area contributed by atoms with Crippen LogP contribution in [0.1, 0.15) is 37.3 Å². The van der Waals surface area contributed by atoms with Crippen LogP contribution in [0.3, 0.4) is 0 Å². The highest BCUT2D eigenvalue weighted by molar-refractivity contribution is 6.31. The molecule has 3 N–H and O–H groups in total. The fraction of sp³-hybridized carbons (Fsp3) is 0.562. The van der Waals surface area contributed by atoms with Gasteiger partial charge in [-0.25, -0.2) is 4.39 Å². The Hall–Kier alpha value is -1.33. The Balaban J connectivity index is 1.80. The molecule has 0 amide bonds. The minimum absolute atomic E-state index is 0.157. The molecule has 1 unspecified atom stereocenters. The fourth-order valence-electron chi connectivity index (χ4n) is 2.94. The number of nitrogens with two attached hydrogens (primary N) is 1. The molecule has 0 radical (unpaired) electrons. The lowest BCUT2D eigenvalue weighted by Gasteiger charge is -2.27. The number of rotatable bonds is 5. The smallest absolute Gasteiger partial charge is 0.188 e. The molecule has 0 aromatic heterocycles. The van der Waals surface area contributed by atoms with Crippen molar-refractivity contribution in [2.45, 2.75) is 37.8 Å². The van der Waals surface area contributed by atoms with Crippen molar-refractivity contribution in [2.24, 2.45) is 10.7 Å². The molecule has 22 heavy (non-hydrogen) atoms. The van der Waals surface area contributed by atoms with Gasteiger partial charge in [-0.1, -0.05) is 17.7 Å². The summed E-state index contributed by atoms with van der Waals surface area (Å²) in [5.74, 6) is 0.174. The Morgan fingerprint density at radius 3 is 2.77 bits per heavy atom. The van der Waals surface area contributed by atoms with E-state index >= 15 is 0 Å². The lowest BCUT2D eigenvalue weighted by atomic mass is 10.0. The van der Waals surface area contributed by atoms with E-state index < -0.39 is 0 Å². The van der Waals surface area contributed by atoms with Crippen LogP contribution in [0.15, 0.2) is 23.2 Å². The number of aliphatic imine (C=N–C) groups is 1. The number of nitrogens with one attached hydrogen (secondary N) is 1. The highest BCUT2D eigenvalue weighted by atomic mass is 35.5. The molecule has 2 aliphatic rings. The van der Waals surface area contributed by atoms with Crippen molar-refractivity contribution < 1.29 is 4.39 Å². The van der Waals surface area contributed by atoms with E-state index in [1.807, 2.05) is 0 Å². The summed E-state index contributed by atoms with van der Waals surface area (Å²) >= 11 is 6.25. The largest absolute Gasteiger partial charge is 0.370 e. The van der Waals surface area contributed by atoms with Gasteiger partial charge in [0.2, 0.25) is 0 Å². The van der Waals surface area contributed by atoms with Crippen molar-refractivity contribution in [3.63, 3.8) is 0 Å². The van der Waals surface area contributed by atoms with Gasteiger partial charge in [0.05, 0.1) is 12.6 Å². The molecule has 1 saturated heterocycles. The molecule has 1 saturated carbocycles. The summed E-state index contributed by atoms with van der Waals surface area (Å²) in [6.07, 6.45) is 4.54. The maximum absolute atomic E-state index is 14.3. The summed E-state index contributed by atoms with van der Waals surface area (Å²) in [5, 5.41) is 3.62. The highest BCUT2D eigenvalue weighted by Crippen LogP contribution is 2.32. The third kappa shape index (κ3) is 3.70. The zero-order valence-electron chi connectivity index (χ0n) is 12.6. The minimum atomic E-state index is -0.270. The summed E-state index contributed by atoms with van der Waals surface area (Å²) in [7, 11) is 0. The normalized spacial score (nSPS) is 21.1. The molecule has 120 valence electrons. The van der Waals surface area contributed by atoms with Crippen molar-refractivity contribution >= 4 is 17.6 Å². The summed E-state index contributed by atoms with van der Waals surface area (Å²) < 4.78 is 14.3. The molecule has 1 aromatic rings. The molecule has 3 rings (SSSR count). The van der Waals surface area contributed by atoms with E-state index in [0.717, 1.165) is 38.8 Å². The van der Waals surface area contributed by atoms with Gasteiger partial charge in [0.25, 0.3) is 0 Å². The molecular weight excluding hydrogens is 303 g/mol. The van der Waals surface area contributed by atoms with E-state index in [2.05, 4.69) is 15.2 Å². The second kappa shape index (κ2) is 6.84. The van der Waals surface area contributed by atoms with Crippen molar-refractivity contribution in [1.29, 1.82) is 0 Å². The molecular formula is C16H22ClFN4. The first-order chi connectivity index (χ1) is 10.6. The molecule has 0 spiro atoms. The average Bonchev–Trinajstić information content (AvgIpc) is 3.13. The molecule has 1 aromatic carbocycles. The van der Waals surface area contributed by atoms with Crippen LogP contribution in [0, 0.1) is 5.82 Å². The van der Waals surface area contributed by atoms with Crippen LogP contribution < -0.4 is 11.1 Å². The monoisotopic (exact) mass is 324 g/mol. The Bertz CT molecular complexity index is 533. The number of hydrogen-bond acceptors (Lipinski definition) is 2. The summed E-state index contributed by atoms with van der Waals surface area (Å²) in [6, 6.07) is 5.13. The van der Waals surface area contributed by atoms with Crippen LogP contribution >= 0.6 is 11.6 Å². The predicted molar refractivity (Wildman–Crippen MR) is 87.6 cm³/mol. The van der Waals surface area contributed by atoms with Gasteiger partial charge in [-0.3, -0.25) is 9.89 Å². The van der Waals surface area contributed by atoms with Gasteiger partial charge in [-0.05, 0) is 50.9 Å². The Morgan fingerprint density at radius 1 is 1.41 bits per heavy atom. The molecule has 1 atom stereocenters. The van der Waals surface area contributed by atoms with Crippen molar-refractivity contribution in [1.82, 2.24) is 10.2 Å². The van der Waals surface area contributed by atoms with E-state index in [0.29, 0.717) is 29.1 Å². The van der Waals surface area contributed by atoms with Crippen LogP contribution in [0.2, 0.25) is 5.02 Å². The van der Waals surface area contributed by atoms with Crippen molar-refractivity contribution in [3.05, 3.63) is 34.6 Å². The summed E-state index contributed by atoms with van der Waals surface area (Å²) in [6.45, 7) is 2.31. The van der Waals surface area contributed by atoms with Crippen LogP contribution in [-0.4, -0.2) is 36.5 Å². The number of guanidine groups is 1. The lowest BCUT2D eigenvalue weighted by Crippen LogP contribution is -2.35. The van der Waals surface area contributed by atoms with Gasteiger partial charge in [-0.2, -0.15) is 0 Å². The number of halogens is 2. The molecule has 1 aliphatic heterocycles. The molecule has 1 aliphatic carbocycles. The molecule has 0 bridgehead atoms. The zero-order valence-corrected chi connectivity index (χ0v) is 13.3. The topological polar surface area (TPSA) is 53.6 Å². The minimum Gasteiger partial charge on any atom is -0.370 e. The van der Waals surface area contributed by atoms with Crippen LogP contribution in [-0.2, 0) is 0 Å². The van der Waals surface area contributed by atoms with Crippen molar-refractivity contribution in [3.8, 4) is 0 Å². The van der Waals surface area contributed by atoms with Crippen molar-refractivity contribution in [2.75, 3.05) is 19.6 Å². The van der Waals surface area contributed by atoms with E-state index in [1.54, 1.807) is 12.1 Å². The van der Waals surface area contributed by atoms with Gasteiger partial charge < -0.3 is 11.1 Å². The molecule has 6 heteroatoms. The highest BCUT2D eigenvalue weighted by Gasteiger charge is 2.28. The number of likely N-dealkylation sites (tertiary alicyclic amines) is 1. The standard InChI is InChI=1S/C16H22ClFN4/c17-12-4-3-5-13(18)15(12)14(22-8-1-2-9-22)10-20-16(19)21-11-6-7-11/h3-5,11,14H,1-2,6-10H2,(H3,19,20,21). The van der Waals surface area contributed by atoms with Gasteiger partial charge in [0.15, 0.2) is 5.96 Å². The van der Waals surface area contributed by atoms with Crippen LogP contribution in [0.25, 0.3) is 0 Å². The van der Waals surface area contributed by atoms with Crippen LogP contribution in [0.4, 0.5) is 4.39 Å². The van der Waals surface area contributed by atoms with E-state index in [-0.39, 0.29) is 11.9 Å². The first-order valence-corrected chi connectivity index (χ1v) is 8.27. The quantitative estimate of drug-likeness (QED) is 0.647. The maximum Gasteiger partial charge on any atom is 0.188 e. The Morgan fingerprint density at radius 2 is 2.14 bits per heavy atom. The van der Waals surface area contributed by atoms with Gasteiger partial charge in [0.1, 0.15) is 5.82 Å². The predicted octanol–water partition coefficient (Wildman–Crippen LogP) is 2.68. The second-order valence-corrected chi connectivity index (χ2v) is 6.45. The summed E-state index contributed by atoms with van der Waals surface area (Å²) in [4.78, 5) is 6.67. The molecule has 2 fully saturated rings. The van der Waals surface area contributed by atoms with E-state index in [4.69, 9.17) is 17.3 Å². The summed E-state index contributed by atoms with van der Waals surface area (Å²) in [5.41, 5.74) is 6.45. The fourth-order valence-corrected chi connectivity index (χ4v) is 3.23. The van der Waals surface area contributed by atoms with Gasteiger partial charge >= 0.3 is 0 Å². The lowest BCUT2D eigenvalue weighted by molar-refractivity contribution is 0.246. The van der Waals surface area contributed by atoms with Gasteiger partial charge in [-0.15, -0.1) is 0 Å². The number of benzene rings is 1. The maximum atomic E-state index is 14.3. The third-order valence-electron chi connectivity index (χ3n) is 4.28. The first kappa shape index (κ1) is 15.6.